The molecule has 0 spiro atoms. The quantitative estimate of drug-likeness (QED) is 0.633. The lowest BCUT2D eigenvalue weighted by Gasteiger charge is -2.19. The third-order valence-electron chi connectivity index (χ3n) is 3.30. The van der Waals surface area contributed by atoms with Gasteiger partial charge in [0.1, 0.15) is 0 Å². The van der Waals surface area contributed by atoms with Crippen molar-refractivity contribution in [3.8, 4) is 0 Å². The molecule has 2 rings (SSSR count). The fraction of sp³-hybridized carbons (Fsp3) is 0.769. The highest BCUT2D eigenvalue weighted by Crippen LogP contribution is 2.18. The zero-order valence-corrected chi connectivity index (χ0v) is 12.3. The van der Waals surface area contributed by atoms with Crippen molar-refractivity contribution in [2.75, 3.05) is 18.9 Å². The maximum atomic E-state index is 5.67. The maximum Gasteiger partial charge on any atom is 0.0939 e. The van der Waals surface area contributed by atoms with Gasteiger partial charge in [-0.25, -0.2) is 0 Å². The number of nitrogens with one attached hydrogen (secondary N) is 1. The van der Waals surface area contributed by atoms with Crippen molar-refractivity contribution in [3.05, 3.63) is 11.8 Å². The summed E-state index contributed by atoms with van der Waals surface area (Å²) in [5.74, 6) is 1.07. The van der Waals surface area contributed by atoms with Gasteiger partial charge in [0.05, 0.1) is 16.8 Å². The lowest BCUT2D eigenvalue weighted by Crippen LogP contribution is -2.38. The first-order chi connectivity index (χ1) is 8.66. The Morgan fingerprint density at radius 2 is 2.50 bits per heavy atom. The van der Waals surface area contributed by atoms with Crippen molar-refractivity contribution in [1.29, 1.82) is 0 Å². The highest BCUT2D eigenvalue weighted by atomic mass is 32.2. The number of rotatable bonds is 6. The van der Waals surface area contributed by atoms with Gasteiger partial charge < -0.3 is 10.1 Å². The first-order valence-electron chi connectivity index (χ1n) is 6.65. The second-order valence-corrected chi connectivity index (χ2v) is 6.01. The Morgan fingerprint density at radius 1 is 1.67 bits per heavy atom. The van der Waals surface area contributed by atoms with Crippen molar-refractivity contribution >= 4 is 11.8 Å². The van der Waals surface area contributed by atoms with Crippen LogP contribution in [-0.4, -0.2) is 40.8 Å². The van der Waals surface area contributed by atoms with Crippen molar-refractivity contribution < 1.29 is 4.74 Å². The van der Waals surface area contributed by atoms with Crippen LogP contribution in [0.25, 0.3) is 0 Å². The summed E-state index contributed by atoms with van der Waals surface area (Å²) < 4.78 is 7.62. The van der Waals surface area contributed by atoms with E-state index < -0.39 is 0 Å². The van der Waals surface area contributed by atoms with Crippen LogP contribution in [0.4, 0.5) is 0 Å². The van der Waals surface area contributed by atoms with Crippen LogP contribution in [0, 0.1) is 6.92 Å². The summed E-state index contributed by atoms with van der Waals surface area (Å²) in [7, 11) is 2.00. The van der Waals surface area contributed by atoms with Gasteiger partial charge in [-0.05, 0) is 32.8 Å². The first-order valence-corrected chi connectivity index (χ1v) is 7.64. The summed E-state index contributed by atoms with van der Waals surface area (Å²) in [4.78, 5) is 0. The summed E-state index contributed by atoms with van der Waals surface area (Å²) >= 11 is 1.85. The second-order valence-electron chi connectivity index (χ2n) is 4.89. The Balaban J connectivity index is 1.65. The Hall–Kier alpha value is -0.520. The SMILES string of the molecule is Cc1cc(SCCNC(C)C2CCCO2)n(C)n1. The van der Waals surface area contributed by atoms with Gasteiger partial charge in [-0.1, -0.05) is 0 Å². The van der Waals surface area contributed by atoms with Crippen molar-refractivity contribution in [2.45, 2.75) is 43.9 Å². The van der Waals surface area contributed by atoms with E-state index in [0.29, 0.717) is 12.1 Å². The molecule has 2 unspecified atom stereocenters. The first kappa shape index (κ1) is 13.9. The summed E-state index contributed by atoms with van der Waals surface area (Å²) in [6, 6.07) is 2.59. The monoisotopic (exact) mass is 269 g/mol. The van der Waals surface area contributed by atoms with Gasteiger partial charge in [-0.15, -0.1) is 11.8 Å². The Labute approximate surface area is 113 Å². The van der Waals surface area contributed by atoms with E-state index in [1.165, 1.54) is 17.9 Å². The van der Waals surface area contributed by atoms with Crippen LogP contribution in [-0.2, 0) is 11.8 Å². The Morgan fingerprint density at radius 3 is 3.11 bits per heavy atom. The van der Waals surface area contributed by atoms with Gasteiger partial charge >= 0.3 is 0 Å². The summed E-state index contributed by atoms with van der Waals surface area (Å²) in [5, 5.41) is 9.12. The molecule has 2 atom stereocenters. The highest BCUT2D eigenvalue weighted by Gasteiger charge is 2.21. The highest BCUT2D eigenvalue weighted by molar-refractivity contribution is 7.99. The number of aryl methyl sites for hydroxylation is 2. The minimum absolute atomic E-state index is 0.411. The standard InChI is InChI=1S/C13H23N3OS/c1-10-9-13(16(3)15-10)18-8-6-14-11(2)12-5-4-7-17-12/h9,11-12,14H,4-8H2,1-3H3. The normalized spacial score (nSPS) is 21.4. The average molecular weight is 269 g/mol. The van der Waals surface area contributed by atoms with Gasteiger partial charge in [0.15, 0.2) is 0 Å². The largest absolute Gasteiger partial charge is 0.377 e. The van der Waals surface area contributed by atoms with Crippen LogP contribution in [0.1, 0.15) is 25.5 Å². The minimum atomic E-state index is 0.411. The molecule has 1 saturated heterocycles. The Bertz CT molecular complexity index is 374. The molecule has 5 heteroatoms. The molecule has 0 saturated carbocycles. The molecule has 18 heavy (non-hydrogen) atoms. The molecular weight excluding hydrogens is 246 g/mol. The lowest BCUT2D eigenvalue weighted by molar-refractivity contribution is 0.0844. The summed E-state index contributed by atoms with van der Waals surface area (Å²) in [6.07, 6.45) is 2.82. The van der Waals surface area contributed by atoms with E-state index in [4.69, 9.17) is 4.74 Å². The van der Waals surface area contributed by atoms with E-state index in [9.17, 15) is 0 Å². The molecule has 1 aliphatic rings. The van der Waals surface area contributed by atoms with Gasteiger partial charge in [0.2, 0.25) is 0 Å². The molecule has 1 fully saturated rings. The number of hydrogen-bond acceptors (Lipinski definition) is 4. The zero-order valence-electron chi connectivity index (χ0n) is 11.5. The van der Waals surface area contributed by atoms with Gasteiger partial charge in [-0.3, -0.25) is 4.68 Å². The zero-order chi connectivity index (χ0) is 13.0. The van der Waals surface area contributed by atoms with E-state index in [1.807, 2.05) is 30.4 Å². The third kappa shape index (κ3) is 3.73. The molecule has 0 amide bonds. The van der Waals surface area contributed by atoms with Crippen LogP contribution in [0.2, 0.25) is 0 Å². The number of aromatic nitrogens is 2. The summed E-state index contributed by atoms with van der Waals surface area (Å²) in [6.45, 7) is 6.19. The molecule has 0 bridgehead atoms. The van der Waals surface area contributed by atoms with Crippen molar-refractivity contribution in [3.63, 3.8) is 0 Å². The van der Waals surface area contributed by atoms with Crippen LogP contribution in [0.3, 0.4) is 0 Å². The predicted octanol–water partition coefficient (Wildman–Crippen LogP) is 1.98. The lowest BCUT2D eigenvalue weighted by atomic mass is 10.1. The topological polar surface area (TPSA) is 39.1 Å². The van der Waals surface area contributed by atoms with Crippen molar-refractivity contribution in [2.24, 2.45) is 7.05 Å². The molecule has 0 aromatic carbocycles. The van der Waals surface area contributed by atoms with E-state index in [2.05, 4.69) is 23.4 Å². The number of hydrogen-bond donors (Lipinski definition) is 1. The second kappa shape index (κ2) is 6.59. The van der Waals surface area contributed by atoms with Gasteiger partial charge in [0.25, 0.3) is 0 Å². The molecule has 4 nitrogen and oxygen atoms in total. The molecule has 2 heterocycles. The molecule has 102 valence electrons. The molecule has 1 aromatic heterocycles. The van der Waals surface area contributed by atoms with E-state index >= 15 is 0 Å². The molecular formula is C13H23N3OS. The average Bonchev–Trinajstić information content (AvgIpc) is 2.94. The van der Waals surface area contributed by atoms with Gasteiger partial charge in [-0.2, -0.15) is 5.10 Å². The van der Waals surface area contributed by atoms with Crippen LogP contribution in [0.15, 0.2) is 11.1 Å². The predicted molar refractivity (Wildman–Crippen MR) is 75.1 cm³/mol. The van der Waals surface area contributed by atoms with E-state index in [1.54, 1.807) is 0 Å². The number of ether oxygens (including phenoxy) is 1. The van der Waals surface area contributed by atoms with E-state index in [0.717, 1.165) is 24.6 Å². The molecule has 0 aliphatic carbocycles. The summed E-state index contributed by atoms with van der Waals surface area (Å²) in [5.41, 5.74) is 1.08. The molecule has 1 N–H and O–H groups in total. The van der Waals surface area contributed by atoms with Crippen LogP contribution >= 0.6 is 11.8 Å². The minimum Gasteiger partial charge on any atom is -0.377 e. The third-order valence-corrected chi connectivity index (χ3v) is 4.39. The number of thioether (sulfide) groups is 1. The van der Waals surface area contributed by atoms with Crippen molar-refractivity contribution in [1.82, 2.24) is 15.1 Å². The number of nitrogens with zero attached hydrogens (tertiary/aromatic N) is 2. The maximum absolute atomic E-state index is 5.67. The molecule has 1 aliphatic heterocycles. The Kier molecular flexibility index (Phi) is 5.09. The fourth-order valence-electron chi connectivity index (χ4n) is 2.29. The van der Waals surface area contributed by atoms with E-state index in [-0.39, 0.29) is 0 Å². The van der Waals surface area contributed by atoms with Crippen LogP contribution in [0.5, 0.6) is 0 Å². The fourth-order valence-corrected chi connectivity index (χ4v) is 3.20. The van der Waals surface area contributed by atoms with Crippen LogP contribution < -0.4 is 5.32 Å². The van der Waals surface area contributed by atoms with Gasteiger partial charge in [0, 0.05) is 32.0 Å². The molecule has 1 aromatic rings. The smallest absolute Gasteiger partial charge is 0.0939 e. The molecule has 0 radical (unpaired) electrons.